The second-order valence-electron chi connectivity index (χ2n) is 10.6. The van der Waals surface area contributed by atoms with E-state index in [0.717, 1.165) is 42.9 Å². The van der Waals surface area contributed by atoms with Crippen LogP contribution < -0.4 is 10.2 Å². The van der Waals surface area contributed by atoms with E-state index in [4.69, 9.17) is 4.52 Å². The maximum Gasteiger partial charge on any atom is 0.259 e. The number of aromatic nitrogens is 4. The van der Waals surface area contributed by atoms with Gasteiger partial charge in [-0.1, -0.05) is 17.3 Å². The molecule has 1 spiro atoms. The number of anilines is 2. The predicted molar refractivity (Wildman–Crippen MR) is 132 cm³/mol. The number of fused-ring (bicyclic) bond motifs is 1. The highest BCUT2D eigenvalue weighted by Gasteiger charge is 2.50. The molecule has 7 rings (SSSR count). The number of aryl methyl sites for hydroxylation is 1. The molecule has 1 aromatic carbocycles. The number of alkyl halides is 1. The van der Waals surface area contributed by atoms with Gasteiger partial charge in [-0.25, -0.2) is 8.91 Å². The molecule has 0 unspecified atom stereocenters. The third kappa shape index (κ3) is 3.47. The van der Waals surface area contributed by atoms with Gasteiger partial charge in [-0.2, -0.15) is 10.1 Å². The van der Waals surface area contributed by atoms with E-state index in [2.05, 4.69) is 43.5 Å². The molecule has 3 aromatic heterocycles. The SMILES string of the molecule is Cc1ccc(-c2noc([C@H]3C[C@@H]3F)n2)cc1NC(=O)c1cnn2ccc(N3CC4(CN(C)C4)C3)cc12. The second kappa shape index (κ2) is 7.60. The van der Waals surface area contributed by atoms with Crippen LogP contribution in [-0.2, 0) is 0 Å². The molecule has 0 radical (unpaired) electrons. The van der Waals surface area contributed by atoms with Gasteiger partial charge >= 0.3 is 0 Å². The van der Waals surface area contributed by atoms with E-state index in [1.807, 2.05) is 37.4 Å². The number of likely N-dealkylation sites (tertiary alicyclic amines) is 1. The highest BCUT2D eigenvalue weighted by Crippen LogP contribution is 2.43. The summed E-state index contributed by atoms with van der Waals surface area (Å²) in [7, 11) is 2.16. The molecular formula is C26H26FN7O2. The molecule has 3 fully saturated rings. The lowest BCUT2D eigenvalue weighted by atomic mass is 9.73. The molecule has 10 heteroatoms. The molecule has 9 nitrogen and oxygen atoms in total. The molecule has 4 aromatic rings. The number of hydrogen-bond acceptors (Lipinski definition) is 7. The molecule has 184 valence electrons. The van der Waals surface area contributed by atoms with Crippen LogP contribution in [0.3, 0.4) is 0 Å². The number of nitrogens with one attached hydrogen (secondary N) is 1. The first-order valence-corrected chi connectivity index (χ1v) is 12.2. The molecule has 0 bridgehead atoms. The third-order valence-corrected chi connectivity index (χ3v) is 7.59. The fraction of sp³-hybridized carbons (Fsp3) is 0.385. The van der Waals surface area contributed by atoms with E-state index in [-0.39, 0.29) is 11.8 Å². The molecule has 2 saturated heterocycles. The molecule has 5 heterocycles. The van der Waals surface area contributed by atoms with Crippen molar-refractivity contribution in [2.75, 3.05) is 43.4 Å². The third-order valence-electron chi connectivity index (χ3n) is 7.59. The van der Waals surface area contributed by atoms with E-state index < -0.39 is 6.17 Å². The largest absolute Gasteiger partial charge is 0.370 e. The minimum absolute atomic E-state index is 0.241. The zero-order valence-corrected chi connectivity index (χ0v) is 20.1. The molecule has 3 aliphatic rings. The number of carbonyl (C=O) groups excluding carboxylic acids is 1. The van der Waals surface area contributed by atoms with Crippen LogP contribution in [0.25, 0.3) is 16.9 Å². The Labute approximate surface area is 206 Å². The molecule has 1 saturated carbocycles. The average Bonchev–Trinajstić information content (AvgIpc) is 3.21. The molecule has 1 aliphatic carbocycles. The van der Waals surface area contributed by atoms with Gasteiger partial charge in [0, 0.05) is 54.7 Å². The van der Waals surface area contributed by atoms with Gasteiger partial charge in [-0.3, -0.25) is 4.79 Å². The Morgan fingerprint density at radius 2 is 2.00 bits per heavy atom. The van der Waals surface area contributed by atoms with Gasteiger partial charge in [0.25, 0.3) is 5.91 Å². The van der Waals surface area contributed by atoms with E-state index in [1.54, 1.807) is 10.7 Å². The highest BCUT2D eigenvalue weighted by molar-refractivity contribution is 6.09. The maximum atomic E-state index is 13.4. The Morgan fingerprint density at radius 1 is 1.19 bits per heavy atom. The van der Waals surface area contributed by atoms with Crippen molar-refractivity contribution in [1.82, 2.24) is 24.7 Å². The molecule has 2 atom stereocenters. The van der Waals surface area contributed by atoms with Crippen molar-refractivity contribution in [3.8, 4) is 11.4 Å². The quantitative estimate of drug-likeness (QED) is 0.461. The summed E-state index contributed by atoms with van der Waals surface area (Å²) in [5.41, 5.74) is 5.04. The summed E-state index contributed by atoms with van der Waals surface area (Å²) < 4.78 is 20.3. The van der Waals surface area contributed by atoms with Crippen molar-refractivity contribution < 1.29 is 13.7 Å². The summed E-state index contributed by atoms with van der Waals surface area (Å²) in [5, 5.41) is 11.4. The van der Waals surface area contributed by atoms with Crippen molar-refractivity contribution in [3.63, 3.8) is 0 Å². The number of carbonyl (C=O) groups is 1. The average molecular weight is 488 g/mol. The Balaban J connectivity index is 1.12. The van der Waals surface area contributed by atoms with E-state index in [0.29, 0.717) is 40.4 Å². The molecular weight excluding hydrogens is 461 g/mol. The van der Waals surface area contributed by atoms with Gasteiger partial charge in [0.15, 0.2) is 0 Å². The Morgan fingerprint density at radius 3 is 2.75 bits per heavy atom. The van der Waals surface area contributed by atoms with Crippen LogP contribution in [0.5, 0.6) is 0 Å². The monoisotopic (exact) mass is 487 g/mol. The van der Waals surface area contributed by atoms with Crippen molar-refractivity contribution >= 4 is 22.8 Å². The first-order chi connectivity index (χ1) is 17.4. The highest BCUT2D eigenvalue weighted by atomic mass is 19.1. The van der Waals surface area contributed by atoms with Gasteiger partial charge in [-0.05, 0) is 44.2 Å². The van der Waals surface area contributed by atoms with E-state index >= 15 is 0 Å². The molecule has 2 aliphatic heterocycles. The van der Waals surface area contributed by atoms with Crippen LogP contribution in [0.4, 0.5) is 15.8 Å². The standard InChI is InChI=1S/C26H26FN7O2/c1-15-3-4-16(23-30-25(36-31-23)18-9-20(18)27)7-21(15)29-24(35)19-10-28-34-6-5-17(8-22(19)34)33-13-26(14-33)11-32(2)12-26/h3-8,10,18,20H,9,11-14H2,1-2H3,(H,29,35)/t18-,20-/m0/s1. The smallest absolute Gasteiger partial charge is 0.259 e. The van der Waals surface area contributed by atoms with Crippen molar-refractivity contribution in [2.24, 2.45) is 5.41 Å². The van der Waals surface area contributed by atoms with Gasteiger partial charge in [0.2, 0.25) is 11.7 Å². The van der Waals surface area contributed by atoms with Gasteiger partial charge in [0.1, 0.15) is 6.17 Å². The van der Waals surface area contributed by atoms with Crippen molar-refractivity contribution in [1.29, 1.82) is 0 Å². The number of hydrogen-bond donors (Lipinski definition) is 1. The maximum absolute atomic E-state index is 13.4. The van der Waals surface area contributed by atoms with Crippen LogP contribution in [0.1, 0.15) is 34.2 Å². The first-order valence-electron chi connectivity index (χ1n) is 12.2. The van der Waals surface area contributed by atoms with Crippen molar-refractivity contribution in [2.45, 2.75) is 25.4 Å². The minimum Gasteiger partial charge on any atom is -0.370 e. The Kier molecular flexibility index (Phi) is 4.54. The number of nitrogens with zero attached hydrogens (tertiary/aromatic N) is 6. The number of benzene rings is 1. The second-order valence-corrected chi connectivity index (χ2v) is 10.6. The number of halogens is 1. The van der Waals surface area contributed by atoms with Crippen LogP contribution >= 0.6 is 0 Å². The summed E-state index contributed by atoms with van der Waals surface area (Å²) in [6.45, 7) is 6.30. The Hall–Kier alpha value is -3.79. The van der Waals surface area contributed by atoms with Gasteiger partial charge < -0.3 is 19.6 Å². The lowest BCUT2D eigenvalue weighted by Gasteiger charge is -2.60. The topological polar surface area (TPSA) is 91.8 Å². The zero-order valence-electron chi connectivity index (χ0n) is 20.1. The molecule has 1 N–H and O–H groups in total. The van der Waals surface area contributed by atoms with E-state index in [1.165, 1.54) is 0 Å². The van der Waals surface area contributed by atoms with Crippen LogP contribution in [-0.4, -0.2) is 70.0 Å². The van der Waals surface area contributed by atoms with Gasteiger partial charge in [0.05, 0.1) is 23.2 Å². The lowest BCUT2D eigenvalue weighted by molar-refractivity contribution is -0.00238. The lowest BCUT2D eigenvalue weighted by Crippen LogP contribution is -2.71. The Bertz CT molecular complexity index is 1500. The fourth-order valence-corrected chi connectivity index (χ4v) is 5.59. The molecule has 1 amide bonds. The number of amides is 1. The van der Waals surface area contributed by atoms with Crippen LogP contribution in [0, 0.1) is 12.3 Å². The van der Waals surface area contributed by atoms with Crippen LogP contribution in [0.2, 0.25) is 0 Å². The summed E-state index contributed by atoms with van der Waals surface area (Å²) in [5.74, 6) is 0.164. The number of pyridine rings is 1. The van der Waals surface area contributed by atoms with Crippen molar-refractivity contribution in [3.05, 3.63) is 59.7 Å². The van der Waals surface area contributed by atoms with E-state index in [9.17, 15) is 9.18 Å². The molecule has 36 heavy (non-hydrogen) atoms. The minimum atomic E-state index is -0.903. The zero-order chi connectivity index (χ0) is 24.6. The van der Waals surface area contributed by atoms with Gasteiger partial charge in [-0.15, -0.1) is 0 Å². The van der Waals surface area contributed by atoms with Crippen LogP contribution in [0.15, 0.2) is 47.2 Å². The number of rotatable bonds is 5. The predicted octanol–water partition coefficient (Wildman–Crippen LogP) is 3.52. The summed E-state index contributed by atoms with van der Waals surface area (Å²) in [6, 6.07) is 9.66. The summed E-state index contributed by atoms with van der Waals surface area (Å²) in [6.07, 6.45) is 3.02. The normalized spacial score (nSPS) is 22.5. The fourth-order valence-electron chi connectivity index (χ4n) is 5.59. The summed E-state index contributed by atoms with van der Waals surface area (Å²) in [4.78, 5) is 22.4. The summed E-state index contributed by atoms with van der Waals surface area (Å²) >= 11 is 0. The first kappa shape index (κ1) is 21.5.